The number of carboxylic acids is 1. The quantitative estimate of drug-likeness (QED) is 0.834. The molecule has 1 saturated carbocycles. The molecule has 0 aromatic heterocycles. The summed E-state index contributed by atoms with van der Waals surface area (Å²) in [4.78, 5) is 24.0. The minimum absolute atomic E-state index is 0.0222. The highest BCUT2D eigenvalue weighted by atomic mass is 16.4. The zero-order valence-electron chi connectivity index (χ0n) is 13.3. The summed E-state index contributed by atoms with van der Waals surface area (Å²) in [5.74, 6) is -0.885. The third kappa shape index (κ3) is 5.39. The van der Waals surface area contributed by atoms with Crippen LogP contribution in [0.4, 0.5) is 4.79 Å². The molecule has 0 spiro atoms. The lowest BCUT2D eigenvalue weighted by Crippen LogP contribution is -2.49. The molecule has 0 heterocycles. The maximum Gasteiger partial charge on any atom is 0.317 e. The first-order valence-corrected chi connectivity index (χ1v) is 7.24. The summed E-state index contributed by atoms with van der Waals surface area (Å²) in [6.07, 6.45) is 3.07. The van der Waals surface area contributed by atoms with Crippen LogP contribution in [0.5, 0.6) is 0 Å². The molecule has 0 radical (unpaired) electrons. The lowest BCUT2D eigenvalue weighted by atomic mass is 9.63. The van der Waals surface area contributed by atoms with Gasteiger partial charge in [-0.15, -0.1) is 0 Å². The van der Waals surface area contributed by atoms with Crippen LogP contribution < -0.4 is 5.32 Å². The molecule has 2 amide bonds. The van der Waals surface area contributed by atoms with Gasteiger partial charge in [-0.25, -0.2) is 4.79 Å². The predicted molar refractivity (Wildman–Crippen MR) is 78.6 cm³/mol. The van der Waals surface area contributed by atoms with Crippen molar-refractivity contribution in [2.24, 2.45) is 10.8 Å². The van der Waals surface area contributed by atoms with E-state index in [0.29, 0.717) is 0 Å². The van der Waals surface area contributed by atoms with Crippen LogP contribution in [0.2, 0.25) is 0 Å². The number of hydrogen-bond acceptors (Lipinski definition) is 2. The van der Waals surface area contributed by atoms with Crippen LogP contribution in [0, 0.1) is 10.8 Å². The molecule has 0 aromatic carbocycles. The number of nitrogens with zero attached hydrogens (tertiary/aromatic N) is 1. The van der Waals surface area contributed by atoms with Crippen molar-refractivity contribution >= 4 is 12.0 Å². The van der Waals surface area contributed by atoms with Crippen LogP contribution >= 0.6 is 0 Å². The molecule has 1 aliphatic carbocycles. The minimum atomic E-state index is -0.885. The van der Waals surface area contributed by atoms with Crippen LogP contribution in [-0.4, -0.2) is 41.6 Å². The molecule has 1 aliphatic rings. The highest BCUT2D eigenvalue weighted by molar-refractivity contribution is 5.75. The first-order chi connectivity index (χ1) is 9.01. The lowest BCUT2D eigenvalue weighted by Gasteiger charge is -2.45. The standard InChI is InChI=1S/C15H28N2O3/c1-14(2)8-11(9-15(3,4)10-14)16-13(20)17(5)7-6-12(18)19/h11H,6-10H2,1-5H3,(H,16,20)(H,18,19). The first-order valence-electron chi connectivity index (χ1n) is 7.24. The van der Waals surface area contributed by atoms with Gasteiger partial charge in [0.2, 0.25) is 0 Å². The monoisotopic (exact) mass is 284 g/mol. The summed E-state index contributed by atoms with van der Waals surface area (Å²) >= 11 is 0. The van der Waals surface area contributed by atoms with Gasteiger partial charge in [0.15, 0.2) is 0 Å². The Morgan fingerprint density at radius 1 is 1.20 bits per heavy atom. The van der Waals surface area contributed by atoms with Crippen molar-refractivity contribution in [2.75, 3.05) is 13.6 Å². The van der Waals surface area contributed by atoms with Crippen LogP contribution in [0.15, 0.2) is 0 Å². The molecule has 0 aromatic rings. The van der Waals surface area contributed by atoms with Gasteiger partial charge in [-0.2, -0.15) is 0 Å². The largest absolute Gasteiger partial charge is 0.481 e. The van der Waals surface area contributed by atoms with E-state index in [9.17, 15) is 9.59 Å². The van der Waals surface area contributed by atoms with Gasteiger partial charge in [-0.1, -0.05) is 27.7 Å². The second-order valence-corrected chi connectivity index (χ2v) is 7.63. The number of hydrogen-bond donors (Lipinski definition) is 2. The molecule has 116 valence electrons. The van der Waals surface area contributed by atoms with E-state index in [4.69, 9.17) is 5.11 Å². The van der Waals surface area contributed by atoms with Gasteiger partial charge in [0, 0.05) is 19.6 Å². The molecule has 5 heteroatoms. The van der Waals surface area contributed by atoms with Crippen molar-refractivity contribution < 1.29 is 14.7 Å². The van der Waals surface area contributed by atoms with Crippen LogP contribution in [0.25, 0.3) is 0 Å². The zero-order valence-corrected chi connectivity index (χ0v) is 13.3. The second-order valence-electron chi connectivity index (χ2n) is 7.63. The minimum Gasteiger partial charge on any atom is -0.481 e. The van der Waals surface area contributed by atoms with E-state index >= 15 is 0 Å². The molecule has 0 atom stereocenters. The maximum absolute atomic E-state index is 12.1. The Labute approximate surface area is 121 Å². The maximum atomic E-state index is 12.1. The number of carboxylic acid groups (broad SMARTS) is 1. The van der Waals surface area contributed by atoms with Crippen LogP contribution in [0.1, 0.15) is 53.4 Å². The van der Waals surface area contributed by atoms with Crippen molar-refractivity contribution in [3.63, 3.8) is 0 Å². The third-order valence-corrected chi connectivity index (χ3v) is 3.89. The highest BCUT2D eigenvalue weighted by Crippen LogP contribution is 2.45. The number of carbonyl (C=O) groups excluding carboxylic acids is 1. The second kappa shape index (κ2) is 6.02. The number of carbonyl (C=O) groups is 2. The Balaban J connectivity index is 2.54. The molecule has 2 N–H and O–H groups in total. The van der Waals surface area contributed by atoms with E-state index < -0.39 is 5.97 Å². The fourth-order valence-electron chi connectivity index (χ4n) is 3.60. The number of urea groups is 1. The Kier molecular flexibility index (Phi) is 5.05. The van der Waals surface area contributed by atoms with Crippen LogP contribution in [0.3, 0.4) is 0 Å². The van der Waals surface area contributed by atoms with Gasteiger partial charge in [-0.3, -0.25) is 4.79 Å². The Morgan fingerprint density at radius 2 is 1.70 bits per heavy atom. The number of aliphatic carboxylic acids is 1. The van der Waals surface area contributed by atoms with Crippen molar-refractivity contribution in [3.8, 4) is 0 Å². The van der Waals surface area contributed by atoms with Gasteiger partial charge in [0.05, 0.1) is 6.42 Å². The van der Waals surface area contributed by atoms with E-state index in [2.05, 4.69) is 33.0 Å². The van der Waals surface area contributed by atoms with Gasteiger partial charge < -0.3 is 15.3 Å². The number of rotatable bonds is 4. The first kappa shape index (κ1) is 16.8. The van der Waals surface area contributed by atoms with E-state index in [1.165, 1.54) is 4.90 Å². The zero-order chi connectivity index (χ0) is 15.6. The predicted octanol–water partition coefficient (Wildman–Crippen LogP) is 2.71. The van der Waals surface area contributed by atoms with Crippen molar-refractivity contribution in [3.05, 3.63) is 0 Å². The Morgan fingerprint density at radius 3 is 2.15 bits per heavy atom. The molecule has 1 rings (SSSR count). The van der Waals surface area contributed by atoms with Gasteiger partial charge in [-0.05, 0) is 30.1 Å². The van der Waals surface area contributed by atoms with E-state index in [1.807, 2.05) is 0 Å². The van der Waals surface area contributed by atoms with Crippen molar-refractivity contribution in [1.29, 1.82) is 0 Å². The molecule has 0 saturated heterocycles. The van der Waals surface area contributed by atoms with Crippen LogP contribution in [-0.2, 0) is 4.79 Å². The van der Waals surface area contributed by atoms with Crippen molar-refractivity contribution in [2.45, 2.75) is 59.4 Å². The highest BCUT2D eigenvalue weighted by Gasteiger charge is 2.39. The van der Waals surface area contributed by atoms with E-state index in [-0.39, 0.29) is 35.9 Å². The summed E-state index contributed by atoms with van der Waals surface area (Å²) in [6, 6.07) is -0.0155. The third-order valence-electron chi connectivity index (χ3n) is 3.89. The smallest absolute Gasteiger partial charge is 0.317 e. The molecule has 1 fully saturated rings. The van der Waals surface area contributed by atoms with Gasteiger partial charge in [0.1, 0.15) is 0 Å². The van der Waals surface area contributed by atoms with Gasteiger partial charge >= 0.3 is 12.0 Å². The molecular formula is C15H28N2O3. The fourth-order valence-corrected chi connectivity index (χ4v) is 3.60. The van der Waals surface area contributed by atoms with Gasteiger partial charge in [0.25, 0.3) is 0 Å². The average Bonchev–Trinajstić information content (AvgIpc) is 2.20. The summed E-state index contributed by atoms with van der Waals surface area (Å²) in [7, 11) is 1.64. The molecule has 20 heavy (non-hydrogen) atoms. The lowest BCUT2D eigenvalue weighted by molar-refractivity contribution is -0.137. The molecule has 0 aliphatic heterocycles. The SMILES string of the molecule is CN(CCC(=O)O)C(=O)NC1CC(C)(C)CC(C)(C)C1. The Hall–Kier alpha value is -1.26. The summed E-state index contributed by atoms with van der Waals surface area (Å²) in [5.41, 5.74) is 0.443. The number of nitrogens with one attached hydrogen (secondary N) is 1. The fraction of sp³-hybridized carbons (Fsp3) is 0.867. The topological polar surface area (TPSA) is 69.6 Å². The number of amides is 2. The summed E-state index contributed by atoms with van der Waals surface area (Å²) < 4.78 is 0. The normalized spacial score (nSPS) is 21.2. The molecule has 0 unspecified atom stereocenters. The van der Waals surface area contributed by atoms with E-state index in [0.717, 1.165) is 19.3 Å². The molecule has 0 bridgehead atoms. The molecular weight excluding hydrogens is 256 g/mol. The Bertz CT molecular complexity index is 361. The average molecular weight is 284 g/mol. The van der Waals surface area contributed by atoms with Crippen molar-refractivity contribution in [1.82, 2.24) is 10.2 Å². The summed E-state index contributed by atoms with van der Waals surface area (Å²) in [6.45, 7) is 9.19. The molecule has 5 nitrogen and oxygen atoms in total. The summed E-state index contributed by atoms with van der Waals surface area (Å²) in [5, 5.41) is 11.7. The van der Waals surface area contributed by atoms with E-state index in [1.54, 1.807) is 7.05 Å².